The Morgan fingerprint density at radius 1 is 1.33 bits per heavy atom. The fourth-order valence-corrected chi connectivity index (χ4v) is 3.50. The number of ether oxygens (including phenoxy) is 1. The minimum Gasteiger partial charge on any atom is -0.468 e. The molecule has 0 radical (unpaired) electrons. The Labute approximate surface area is 110 Å². The number of rotatable bonds is 3. The summed E-state index contributed by atoms with van der Waals surface area (Å²) in [4.78, 5) is 14.7. The van der Waals surface area contributed by atoms with Gasteiger partial charge in [0.1, 0.15) is 5.54 Å². The molecule has 104 valence electrons. The molecule has 0 spiro atoms. The number of hydrogen-bond donors (Lipinski definition) is 1. The smallest absolute Gasteiger partial charge is 0.326 e. The molecular weight excluding hydrogens is 228 g/mol. The molecular formula is C14H26N2O2. The molecule has 2 fully saturated rings. The van der Waals surface area contributed by atoms with Crippen LogP contribution < -0.4 is 5.32 Å². The van der Waals surface area contributed by atoms with E-state index < -0.39 is 0 Å². The summed E-state index contributed by atoms with van der Waals surface area (Å²) in [5, 5.41) is 3.35. The molecule has 0 bridgehead atoms. The molecule has 1 N–H and O–H groups in total. The number of piperazine rings is 1. The molecule has 4 nitrogen and oxygen atoms in total. The van der Waals surface area contributed by atoms with Crippen LogP contribution in [-0.2, 0) is 9.53 Å². The predicted octanol–water partition coefficient (Wildman–Crippen LogP) is 1.40. The van der Waals surface area contributed by atoms with E-state index in [0.29, 0.717) is 0 Å². The van der Waals surface area contributed by atoms with E-state index in [2.05, 4.69) is 17.1 Å². The molecule has 18 heavy (non-hydrogen) atoms. The van der Waals surface area contributed by atoms with E-state index in [4.69, 9.17) is 4.74 Å². The van der Waals surface area contributed by atoms with E-state index >= 15 is 0 Å². The number of carbonyl (C=O) groups is 1. The summed E-state index contributed by atoms with van der Waals surface area (Å²) in [5.74, 6) is 0.782. The lowest BCUT2D eigenvalue weighted by Crippen LogP contribution is -2.61. The number of nitrogens with zero attached hydrogens (tertiary/aromatic N) is 1. The Balaban J connectivity index is 2.11. The van der Waals surface area contributed by atoms with Crippen LogP contribution >= 0.6 is 0 Å². The summed E-state index contributed by atoms with van der Waals surface area (Å²) in [5.41, 5.74) is -0.331. The summed E-state index contributed by atoms with van der Waals surface area (Å²) >= 11 is 0. The summed E-state index contributed by atoms with van der Waals surface area (Å²) in [6, 6.07) is 0. The van der Waals surface area contributed by atoms with Crippen LogP contribution in [0.3, 0.4) is 0 Å². The van der Waals surface area contributed by atoms with Crippen molar-refractivity contribution in [1.82, 2.24) is 10.2 Å². The van der Waals surface area contributed by atoms with Crippen LogP contribution in [-0.4, -0.2) is 49.7 Å². The van der Waals surface area contributed by atoms with E-state index in [1.54, 1.807) is 0 Å². The first-order valence-electron chi connectivity index (χ1n) is 7.27. The Kier molecular flexibility index (Phi) is 4.62. The van der Waals surface area contributed by atoms with Crippen molar-refractivity contribution in [2.24, 2.45) is 5.92 Å². The quantitative estimate of drug-likeness (QED) is 0.773. The molecule has 1 aliphatic carbocycles. The van der Waals surface area contributed by atoms with Crippen molar-refractivity contribution >= 4 is 5.97 Å². The van der Waals surface area contributed by atoms with E-state index in [1.807, 2.05) is 0 Å². The van der Waals surface area contributed by atoms with Crippen molar-refractivity contribution in [3.63, 3.8) is 0 Å². The minimum atomic E-state index is -0.331. The van der Waals surface area contributed by atoms with E-state index in [1.165, 1.54) is 13.5 Å². The van der Waals surface area contributed by atoms with Crippen LogP contribution in [0.15, 0.2) is 0 Å². The monoisotopic (exact) mass is 254 g/mol. The summed E-state index contributed by atoms with van der Waals surface area (Å²) in [7, 11) is 1.53. The molecule has 1 saturated carbocycles. The molecule has 1 saturated heterocycles. The highest BCUT2D eigenvalue weighted by atomic mass is 16.5. The van der Waals surface area contributed by atoms with Gasteiger partial charge in [0, 0.05) is 26.2 Å². The second-order valence-electron chi connectivity index (χ2n) is 5.61. The van der Waals surface area contributed by atoms with Gasteiger partial charge < -0.3 is 10.1 Å². The predicted molar refractivity (Wildman–Crippen MR) is 71.4 cm³/mol. The highest BCUT2D eigenvalue weighted by molar-refractivity contribution is 5.81. The van der Waals surface area contributed by atoms with Crippen molar-refractivity contribution in [2.75, 3.05) is 33.3 Å². The number of hydrogen-bond acceptors (Lipinski definition) is 4. The van der Waals surface area contributed by atoms with Crippen LogP contribution in [0.5, 0.6) is 0 Å². The van der Waals surface area contributed by atoms with Gasteiger partial charge in [0.25, 0.3) is 0 Å². The second-order valence-corrected chi connectivity index (χ2v) is 5.61. The van der Waals surface area contributed by atoms with Crippen molar-refractivity contribution in [2.45, 2.75) is 44.6 Å². The third-order valence-corrected chi connectivity index (χ3v) is 4.80. The van der Waals surface area contributed by atoms with Crippen LogP contribution in [0.1, 0.15) is 39.0 Å². The normalized spacial score (nSPS) is 34.2. The molecule has 2 aliphatic rings. The molecule has 0 amide bonds. The lowest BCUT2D eigenvalue weighted by atomic mass is 9.74. The van der Waals surface area contributed by atoms with Crippen molar-refractivity contribution < 1.29 is 9.53 Å². The standard InChI is InChI=1S/C14H26N2O2/c1-3-12-4-6-14(7-5-12,13(17)18-2)16-10-8-15-9-11-16/h12,15H,3-11H2,1-2H3. The van der Waals surface area contributed by atoms with Gasteiger partial charge in [-0.2, -0.15) is 0 Å². The average molecular weight is 254 g/mol. The maximum atomic E-state index is 12.3. The molecule has 0 aromatic heterocycles. The molecule has 4 heteroatoms. The van der Waals surface area contributed by atoms with Gasteiger partial charge in [-0.3, -0.25) is 9.69 Å². The van der Waals surface area contributed by atoms with Gasteiger partial charge in [0.15, 0.2) is 0 Å². The molecule has 0 aromatic carbocycles. The molecule has 1 heterocycles. The second kappa shape index (κ2) is 6.02. The fourth-order valence-electron chi connectivity index (χ4n) is 3.50. The Bertz CT molecular complexity index is 280. The van der Waals surface area contributed by atoms with Crippen LogP contribution in [0.2, 0.25) is 0 Å². The zero-order chi connectivity index (χ0) is 13.0. The zero-order valence-electron chi connectivity index (χ0n) is 11.7. The largest absolute Gasteiger partial charge is 0.468 e. The molecule has 0 aromatic rings. The zero-order valence-corrected chi connectivity index (χ0v) is 11.7. The number of nitrogens with one attached hydrogen (secondary N) is 1. The van der Waals surface area contributed by atoms with Crippen LogP contribution in [0.4, 0.5) is 0 Å². The Morgan fingerprint density at radius 2 is 1.94 bits per heavy atom. The van der Waals surface area contributed by atoms with E-state index in [0.717, 1.165) is 57.8 Å². The molecule has 1 aliphatic heterocycles. The van der Waals surface area contributed by atoms with Gasteiger partial charge in [-0.05, 0) is 31.6 Å². The lowest BCUT2D eigenvalue weighted by molar-refractivity contribution is -0.159. The summed E-state index contributed by atoms with van der Waals surface area (Å²) in [6.45, 7) is 6.14. The van der Waals surface area contributed by atoms with Gasteiger partial charge in [-0.15, -0.1) is 0 Å². The first kappa shape index (κ1) is 13.8. The van der Waals surface area contributed by atoms with E-state index in [9.17, 15) is 4.79 Å². The highest BCUT2D eigenvalue weighted by Gasteiger charge is 2.47. The summed E-state index contributed by atoms with van der Waals surface area (Å²) < 4.78 is 5.11. The van der Waals surface area contributed by atoms with Gasteiger partial charge >= 0.3 is 5.97 Å². The molecule has 2 rings (SSSR count). The fraction of sp³-hybridized carbons (Fsp3) is 0.929. The SMILES string of the molecule is CCC1CCC(C(=O)OC)(N2CCNCC2)CC1. The third kappa shape index (κ3) is 2.54. The summed E-state index contributed by atoms with van der Waals surface area (Å²) in [6.07, 6.45) is 5.50. The number of esters is 1. The first-order valence-corrected chi connectivity index (χ1v) is 7.27. The third-order valence-electron chi connectivity index (χ3n) is 4.80. The van der Waals surface area contributed by atoms with E-state index in [-0.39, 0.29) is 11.5 Å². The molecule has 0 atom stereocenters. The lowest BCUT2D eigenvalue weighted by Gasteiger charge is -2.47. The number of carbonyl (C=O) groups excluding carboxylic acids is 1. The topological polar surface area (TPSA) is 41.6 Å². The van der Waals surface area contributed by atoms with Crippen LogP contribution in [0, 0.1) is 5.92 Å². The first-order chi connectivity index (χ1) is 8.73. The van der Waals surface area contributed by atoms with Gasteiger partial charge in [0.05, 0.1) is 7.11 Å². The van der Waals surface area contributed by atoms with Crippen LogP contribution in [0.25, 0.3) is 0 Å². The number of methoxy groups -OCH3 is 1. The highest BCUT2D eigenvalue weighted by Crippen LogP contribution is 2.38. The maximum absolute atomic E-state index is 12.3. The van der Waals surface area contributed by atoms with Crippen molar-refractivity contribution in [1.29, 1.82) is 0 Å². The average Bonchev–Trinajstić information content (AvgIpc) is 2.47. The van der Waals surface area contributed by atoms with Gasteiger partial charge in [-0.25, -0.2) is 0 Å². The van der Waals surface area contributed by atoms with Crippen molar-refractivity contribution in [3.05, 3.63) is 0 Å². The maximum Gasteiger partial charge on any atom is 0.326 e. The van der Waals surface area contributed by atoms with Gasteiger partial charge in [0.2, 0.25) is 0 Å². The Hall–Kier alpha value is -0.610. The Morgan fingerprint density at radius 3 is 2.44 bits per heavy atom. The van der Waals surface area contributed by atoms with Crippen molar-refractivity contribution in [3.8, 4) is 0 Å². The van der Waals surface area contributed by atoms with Gasteiger partial charge in [-0.1, -0.05) is 13.3 Å². The minimum absolute atomic E-state index is 0.0149. The molecule has 0 unspecified atom stereocenters.